The Balaban J connectivity index is 1.63. The van der Waals surface area contributed by atoms with Gasteiger partial charge in [-0.25, -0.2) is 0 Å². The van der Waals surface area contributed by atoms with Crippen LogP contribution in [0.5, 0.6) is 0 Å². The van der Waals surface area contributed by atoms with Crippen LogP contribution in [0.1, 0.15) is 56.4 Å². The van der Waals surface area contributed by atoms with Crippen molar-refractivity contribution in [3.8, 4) is 0 Å². The van der Waals surface area contributed by atoms with Crippen LogP contribution in [0.3, 0.4) is 0 Å². The second kappa shape index (κ2) is 6.41. The number of carbonyl (C=O) groups excluding carboxylic acids is 1. The van der Waals surface area contributed by atoms with Crippen LogP contribution in [-0.4, -0.2) is 35.1 Å². The van der Waals surface area contributed by atoms with Crippen LogP contribution >= 0.6 is 0 Å². The molecule has 2 aliphatic rings. The van der Waals surface area contributed by atoms with E-state index in [2.05, 4.69) is 10.1 Å². The molecule has 1 aliphatic heterocycles. The zero-order chi connectivity index (χ0) is 15.6. The SMILES string of the molecule is Cc1cc(CCC(=O)N2CCCCC2C2(CN)CCC2)no1. The largest absolute Gasteiger partial charge is 0.361 e. The first-order valence-corrected chi connectivity index (χ1v) is 8.56. The Morgan fingerprint density at radius 3 is 2.86 bits per heavy atom. The molecule has 2 N–H and O–H groups in total. The maximum Gasteiger partial charge on any atom is 0.223 e. The first-order valence-electron chi connectivity index (χ1n) is 8.56. The number of hydrogen-bond donors (Lipinski definition) is 1. The van der Waals surface area contributed by atoms with Crippen molar-refractivity contribution in [2.75, 3.05) is 13.1 Å². The zero-order valence-electron chi connectivity index (χ0n) is 13.5. The Morgan fingerprint density at radius 2 is 2.27 bits per heavy atom. The third-order valence-corrected chi connectivity index (χ3v) is 5.56. The first kappa shape index (κ1) is 15.5. The molecule has 0 radical (unpaired) electrons. The van der Waals surface area contributed by atoms with Gasteiger partial charge in [-0.15, -0.1) is 0 Å². The van der Waals surface area contributed by atoms with Gasteiger partial charge >= 0.3 is 0 Å². The Kier molecular flexibility index (Phi) is 4.52. The minimum atomic E-state index is 0.195. The van der Waals surface area contributed by atoms with Gasteiger partial charge in [-0.3, -0.25) is 4.79 Å². The maximum atomic E-state index is 12.7. The van der Waals surface area contributed by atoms with Gasteiger partial charge in [-0.2, -0.15) is 0 Å². The molecular weight excluding hydrogens is 278 g/mol. The molecule has 1 aliphatic carbocycles. The van der Waals surface area contributed by atoms with Gasteiger partial charge in [-0.1, -0.05) is 11.6 Å². The van der Waals surface area contributed by atoms with Gasteiger partial charge in [-0.05, 0) is 45.6 Å². The van der Waals surface area contributed by atoms with Crippen LogP contribution in [0.4, 0.5) is 0 Å². The molecular formula is C17H27N3O2. The third-order valence-electron chi connectivity index (χ3n) is 5.56. The summed E-state index contributed by atoms with van der Waals surface area (Å²) in [6.07, 6.45) is 8.25. The molecule has 5 heteroatoms. The predicted molar refractivity (Wildman–Crippen MR) is 84.3 cm³/mol. The highest BCUT2D eigenvalue weighted by Crippen LogP contribution is 2.47. The monoisotopic (exact) mass is 305 g/mol. The Morgan fingerprint density at radius 1 is 1.45 bits per heavy atom. The van der Waals surface area contributed by atoms with E-state index in [0.29, 0.717) is 25.4 Å². The highest BCUT2D eigenvalue weighted by molar-refractivity contribution is 5.77. The van der Waals surface area contributed by atoms with Crippen molar-refractivity contribution < 1.29 is 9.32 Å². The van der Waals surface area contributed by atoms with Crippen LogP contribution in [0.15, 0.2) is 10.6 Å². The molecule has 0 bridgehead atoms. The fraction of sp³-hybridized carbons (Fsp3) is 0.765. The van der Waals surface area contributed by atoms with Crippen LogP contribution < -0.4 is 5.73 Å². The number of piperidine rings is 1. The summed E-state index contributed by atoms with van der Waals surface area (Å²) in [4.78, 5) is 14.8. The lowest BCUT2D eigenvalue weighted by Gasteiger charge is -2.53. The Bertz CT molecular complexity index is 516. The van der Waals surface area contributed by atoms with E-state index in [1.54, 1.807) is 0 Å². The van der Waals surface area contributed by atoms with Gasteiger partial charge in [0, 0.05) is 36.9 Å². The lowest BCUT2D eigenvalue weighted by Crippen LogP contribution is -2.58. The maximum absolute atomic E-state index is 12.7. The van der Waals surface area contributed by atoms with E-state index in [1.165, 1.54) is 25.7 Å². The number of rotatable bonds is 5. The second-order valence-electron chi connectivity index (χ2n) is 6.95. The molecule has 1 amide bonds. The van der Waals surface area contributed by atoms with Gasteiger partial charge < -0.3 is 15.2 Å². The highest BCUT2D eigenvalue weighted by atomic mass is 16.5. The van der Waals surface area contributed by atoms with Gasteiger partial charge in [0.2, 0.25) is 5.91 Å². The average molecular weight is 305 g/mol. The number of nitrogens with zero attached hydrogens (tertiary/aromatic N) is 2. The Labute approximate surface area is 132 Å². The number of nitrogens with two attached hydrogens (primary N) is 1. The van der Waals surface area contributed by atoms with E-state index in [-0.39, 0.29) is 11.3 Å². The summed E-state index contributed by atoms with van der Waals surface area (Å²) in [5.74, 6) is 1.06. The molecule has 2 fully saturated rings. The van der Waals surface area contributed by atoms with Crippen molar-refractivity contribution in [2.24, 2.45) is 11.1 Å². The number of amides is 1. The minimum absolute atomic E-state index is 0.195. The van der Waals surface area contributed by atoms with Gasteiger partial charge in [0.25, 0.3) is 0 Å². The molecule has 5 nitrogen and oxygen atoms in total. The molecule has 122 valence electrons. The minimum Gasteiger partial charge on any atom is -0.361 e. The first-order chi connectivity index (χ1) is 10.6. The molecule has 1 unspecified atom stereocenters. The molecule has 1 aromatic rings. The molecule has 0 spiro atoms. The van der Waals surface area contributed by atoms with Crippen molar-refractivity contribution in [1.82, 2.24) is 10.1 Å². The van der Waals surface area contributed by atoms with E-state index in [0.717, 1.165) is 30.8 Å². The summed E-state index contributed by atoms with van der Waals surface area (Å²) in [6, 6.07) is 2.26. The summed E-state index contributed by atoms with van der Waals surface area (Å²) < 4.78 is 5.07. The average Bonchev–Trinajstić information content (AvgIpc) is 2.90. The predicted octanol–water partition coefficient (Wildman–Crippen LogP) is 2.43. The molecule has 0 aromatic carbocycles. The van der Waals surface area contributed by atoms with Crippen molar-refractivity contribution in [3.63, 3.8) is 0 Å². The van der Waals surface area contributed by atoms with Gasteiger partial charge in [0.15, 0.2) is 0 Å². The number of carbonyl (C=O) groups is 1. The fourth-order valence-corrected chi connectivity index (χ4v) is 4.09. The highest BCUT2D eigenvalue weighted by Gasteiger charge is 2.47. The summed E-state index contributed by atoms with van der Waals surface area (Å²) >= 11 is 0. The van der Waals surface area contributed by atoms with Crippen molar-refractivity contribution >= 4 is 5.91 Å². The van der Waals surface area contributed by atoms with E-state index < -0.39 is 0 Å². The number of hydrogen-bond acceptors (Lipinski definition) is 4. The number of aryl methyl sites for hydroxylation is 2. The molecule has 2 heterocycles. The fourth-order valence-electron chi connectivity index (χ4n) is 4.09. The van der Waals surface area contributed by atoms with Gasteiger partial charge in [0.1, 0.15) is 5.76 Å². The lowest BCUT2D eigenvalue weighted by molar-refractivity contribution is -0.141. The summed E-state index contributed by atoms with van der Waals surface area (Å²) in [5.41, 5.74) is 7.14. The van der Waals surface area contributed by atoms with E-state index in [4.69, 9.17) is 10.3 Å². The summed E-state index contributed by atoms with van der Waals surface area (Å²) in [6.45, 7) is 3.48. The summed E-state index contributed by atoms with van der Waals surface area (Å²) in [7, 11) is 0. The Hall–Kier alpha value is -1.36. The van der Waals surface area contributed by atoms with E-state index >= 15 is 0 Å². The van der Waals surface area contributed by atoms with Crippen molar-refractivity contribution in [1.29, 1.82) is 0 Å². The number of likely N-dealkylation sites (tertiary alicyclic amines) is 1. The molecule has 3 rings (SSSR count). The lowest BCUT2D eigenvalue weighted by atomic mass is 9.62. The van der Waals surface area contributed by atoms with E-state index in [1.807, 2.05) is 13.0 Å². The van der Waals surface area contributed by atoms with Crippen LogP contribution in [0.25, 0.3) is 0 Å². The molecule has 1 atom stereocenters. The smallest absolute Gasteiger partial charge is 0.223 e. The number of aromatic nitrogens is 1. The van der Waals surface area contributed by atoms with E-state index in [9.17, 15) is 4.79 Å². The van der Waals surface area contributed by atoms with Crippen molar-refractivity contribution in [2.45, 2.75) is 64.3 Å². The van der Waals surface area contributed by atoms with Crippen molar-refractivity contribution in [3.05, 3.63) is 17.5 Å². The molecule has 22 heavy (non-hydrogen) atoms. The topological polar surface area (TPSA) is 72.4 Å². The van der Waals surface area contributed by atoms with Crippen LogP contribution in [0.2, 0.25) is 0 Å². The van der Waals surface area contributed by atoms with Gasteiger partial charge in [0.05, 0.1) is 5.69 Å². The standard InChI is InChI=1S/C17H27N3O2/c1-13-11-14(19-22-13)6-7-16(21)20-10-3-2-5-15(20)17(12-18)8-4-9-17/h11,15H,2-10,12,18H2,1H3. The third kappa shape index (κ3) is 2.91. The second-order valence-corrected chi connectivity index (χ2v) is 6.95. The zero-order valence-corrected chi connectivity index (χ0v) is 13.5. The summed E-state index contributed by atoms with van der Waals surface area (Å²) in [5, 5.41) is 3.98. The molecule has 1 saturated carbocycles. The molecule has 1 aromatic heterocycles. The van der Waals surface area contributed by atoms with Crippen LogP contribution in [0, 0.1) is 12.3 Å². The van der Waals surface area contributed by atoms with Crippen LogP contribution in [-0.2, 0) is 11.2 Å². The normalized spacial score (nSPS) is 24.1. The quantitative estimate of drug-likeness (QED) is 0.907. The molecule has 1 saturated heterocycles.